The Morgan fingerprint density at radius 2 is 1.69 bits per heavy atom. The van der Waals surface area contributed by atoms with Crippen molar-refractivity contribution in [1.82, 2.24) is 9.55 Å². The van der Waals surface area contributed by atoms with Gasteiger partial charge in [0.1, 0.15) is 11.6 Å². The molecule has 0 aliphatic rings. The molecule has 176 valence electrons. The normalized spacial score (nSPS) is 11.8. The fourth-order valence-electron chi connectivity index (χ4n) is 3.34. The van der Waals surface area contributed by atoms with Crippen LogP contribution < -0.4 is 26.6 Å². The van der Waals surface area contributed by atoms with E-state index < -0.39 is 17.2 Å². The van der Waals surface area contributed by atoms with Crippen molar-refractivity contribution in [1.29, 1.82) is 0 Å². The predicted octanol–water partition coefficient (Wildman–Crippen LogP) is 3.14. The number of nitrogens with two attached hydrogens (primary N) is 1. The molecule has 2 rings (SSSR count). The highest BCUT2D eigenvalue weighted by molar-refractivity contribution is 5.96. The highest BCUT2D eigenvalue weighted by Crippen LogP contribution is 2.24. The molecule has 0 aliphatic heterocycles. The number of hydrogen-bond donors (Lipinski definition) is 2. The van der Waals surface area contributed by atoms with Gasteiger partial charge in [0.15, 0.2) is 12.3 Å². The molecule has 0 saturated carbocycles. The largest absolute Gasteiger partial charge is 0.484 e. The van der Waals surface area contributed by atoms with Crippen molar-refractivity contribution in [3.05, 3.63) is 50.7 Å². The third-order valence-electron chi connectivity index (χ3n) is 4.96. The van der Waals surface area contributed by atoms with Gasteiger partial charge in [-0.1, -0.05) is 60.6 Å². The van der Waals surface area contributed by atoms with Gasteiger partial charge >= 0.3 is 5.69 Å². The average molecular weight is 445 g/mol. The molecule has 0 atom stereocenters. The van der Waals surface area contributed by atoms with Crippen molar-refractivity contribution in [2.75, 3.05) is 23.8 Å². The molecule has 32 heavy (non-hydrogen) atoms. The van der Waals surface area contributed by atoms with Crippen molar-refractivity contribution in [3.8, 4) is 5.75 Å². The molecule has 1 heterocycles. The van der Waals surface area contributed by atoms with Crippen LogP contribution in [0.3, 0.4) is 0 Å². The van der Waals surface area contributed by atoms with Gasteiger partial charge in [-0.3, -0.25) is 19.1 Å². The van der Waals surface area contributed by atoms with Gasteiger partial charge in [0, 0.05) is 13.1 Å². The summed E-state index contributed by atoms with van der Waals surface area (Å²) in [7, 11) is 0. The molecule has 0 spiro atoms. The van der Waals surface area contributed by atoms with Crippen molar-refractivity contribution in [2.45, 2.75) is 60.4 Å². The van der Waals surface area contributed by atoms with Gasteiger partial charge in [0.2, 0.25) is 0 Å². The first-order valence-electron chi connectivity index (χ1n) is 11.0. The number of nitrogens with one attached hydrogen (secondary N) is 1. The second-order valence-electron chi connectivity index (χ2n) is 9.96. The maximum Gasteiger partial charge on any atom is 0.330 e. The molecule has 8 heteroatoms. The molecule has 1 aromatic carbocycles. The minimum absolute atomic E-state index is 0.0139. The molecule has 1 amide bonds. The molecule has 2 aromatic rings. The summed E-state index contributed by atoms with van der Waals surface area (Å²) in [4.78, 5) is 41.6. The maximum atomic E-state index is 13.1. The van der Waals surface area contributed by atoms with Crippen LogP contribution >= 0.6 is 0 Å². The number of aromatic nitrogens is 2. The van der Waals surface area contributed by atoms with Crippen molar-refractivity contribution < 1.29 is 9.53 Å². The lowest BCUT2D eigenvalue weighted by Crippen LogP contribution is -2.44. The number of carbonyl (C=O) groups excluding carboxylic acids is 1. The Morgan fingerprint density at radius 1 is 1.09 bits per heavy atom. The molecule has 0 fully saturated rings. The Labute approximate surface area is 189 Å². The van der Waals surface area contributed by atoms with Gasteiger partial charge < -0.3 is 15.4 Å². The van der Waals surface area contributed by atoms with E-state index in [0.29, 0.717) is 12.3 Å². The van der Waals surface area contributed by atoms with Gasteiger partial charge in [-0.25, -0.2) is 4.79 Å². The number of nitrogen functional groups attached to an aromatic ring is 1. The molecular formula is C24H36N4O4. The van der Waals surface area contributed by atoms with Gasteiger partial charge in [-0.15, -0.1) is 0 Å². The molecule has 8 nitrogen and oxygen atoms in total. The van der Waals surface area contributed by atoms with Crippen LogP contribution in [0.1, 0.15) is 54.0 Å². The number of rotatable bonds is 8. The summed E-state index contributed by atoms with van der Waals surface area (Å²) in [5, 5.41) is 0. The van der Waals surface area contributed by atoms with E-state index in [9.17, 15) is 14.4 Å². The lowest BCUT2D eigenvalue weighted by atomic mass is 9.87. The molecule has 0 aliphatic carbocycles. The van der Waals surface area contributed by atoms with E-state index in [2.05, 4.69) is 25.8 Å². The fraction of sp³-hybridized carbons (Fsp3) is 0.542. The Kier molecular flexibility index (Phi) is 7.93. The van der Waals surface area contributed by atoms with Crippen LogP contribution in [0.25, 0.3) is 0 Å². The predicted molar refractivity (Wildman–Crippen MR) is 128 cm³/mol. The van der Waals surface area contributed by atoms with E-state index in [1.165, 1.54) is 9.47 Å². The summed E-state index contributed by atoms with van der Waals surface area (Å²) in [5.41, 5.74) is 6.10. The molecule has 0 bridgehead atoms. The minimum Gasteiger partial charge on any atom is -0.484 e. The van der Waals surface area contributed by atoms with Crippen LogP contribution in [0.2, 0.25) is 0 Å². The molecular weight excluding hydrogens is 408 g/mol. The second-order valence-corrected chi connectivity index (χ2v) is 9.96. The summed E-state index contributed by atoms with van der Waals surface area (Å²) < 4.78 is 7.00. The maximum absolute atomic E-state index is 13.1. The lowest BCUT2D eigenvalue weighted by Gasteiger charge is -2.26. The lowest BCUT2D eigenvalue weighted by molar-refractivity contribution is -0.120. The number of anilines is 2. The van der Waals surface area contributed by atoms with Crippen molar-refractivity contribution in [2.24, 2.45) is 11.8 Å². The Balaban J connectivity index is 2.33. The topological polar surface area (TPSA) is 110 Å². The van der Waals surface area contributed by atoms with Crippen LogP contribution in [-0.4, -0.2) is 28.6 Å². The van der Waals surface area contributed by atoms with Crippen LogP contribution in [0, 0.1) is 11.8 Å². The van der Waals surface area contributed by atoms with Gasteiger partial charge in [-0.2, -0.15) is 0 Å². The van der Waals surface area contributed by atoms with Gasteiger partial charge in [0.25, 0.3) is 11.5 Å². The SMILES string of the molecule is CC(C)CN(C(=O)COc1ccc(C(C)(C)C)cc1)c1c(N)n(CC(C)C)c(=O)[nH]c1=O. The first kappa shape index (κ1) is 25.2. The number of nitrogens with zero attached hydrogens (tertiary/aromatic N) is 2. The van der Waals surface area contributed by atoms with E-state index in [-0.39, 0.29) is 41.9 Å². The van der Waals surface area contributed by atoms with E-state index >= 15 is 0 Å². The van der Waals surface area contributed by atoms with Gasteiger partial charge in [0.05, 0.1) is 0 Å². The van der Waals surface area contributed by atoms with Crippen molar-refractivity contribution in [3.63, 3.8) is 0 Å². The zero-order valence-electron chi connectivity index (χ0n) is 20.2. The monoisotopic (exact) mass is 444 g/mol. The van der Waals surface area contributed by atoms with Crippen LogP contribution in [0.4, 0.5) is 11.5 Å². The summed E-state index contributed by atoms with van der Waals surface area (Å²) in [6, 6.07) is 7.58. The number of H-pyrrole nitrogens is 1. The smallest absolute Gasteiger partial charge is 0.330 e. The van der Waals surface area contributed by atoms with Crippen molar-refractivity contribution >= 4 is 17.4 Å². The highest BCUT2D eigenvalue weighted by Gasteiger charge is 2.25. The number of amides is 1. The molecule has 0 radical (unpaired) electrons. The third kappa shape index (κ3) is 6.24. The average Bonchev–Trinajstić information content (AvgIpc) is 2.67. The molecule has 3 N–H and O–H groups in total. The highest BCUT2D eigenvalue weighted by atomic mass is 16.5. The quantitative estimate of drug-likeness (QED) is 0.650. The van der Waals surface area contributed by atoms with Crippen LogP contribution in [0.5, 0.6) is 5.75 Å². The Morgan fingerprint density at radius 3 is 2.19 bits per heavy atom. The minimum atomic E-state index is -0.684. The third-order valence-corrected chi connectivity index (χ3v) is 4.96. The standard InChI is InChI=1S/C24H36N4O4/c1-15(2)12-27(20-21(25)28(13-16(3)4)23(31)26-22(20)30)19(29)14-32-18-10-8-17(9-11-18)24(5,6)7/h8-11,15-16H,12-14,25H2,1-7H3,(H,26,30,31). The number of ether oxygens (including phenoxy) is 1. The number of carbonyl (C=O) groups is 1. The van der Waals surface area contributed by atoms with Crippen LogP contribution in [-0.2, 0) is 16.8 Å². The number of benzene rings is 1. The number of hydrogen-bond acceptors (Lipinski definition) is 5. The van der Waals surface area contributed by atoms with E-state index in [4.69, 9.17) is 10.5 Å². The summed E-state index contributed by atoms with van der Waals surface area (Å²) in [6.45, 7) is 14.4. The first-order valence-corrected chi connectivity index (χ1v) is 11.0. The summed E-state index contributed by atoms with van der Waals surface area (Å²) in [6.07, 6.45) is 0. The van der Waals surface area contributed by atoms with E-state index in [0.717, 1.165) is 5.56 Å². The van der Waals surface area contributed by atoms with Crippen LogP contribution in [0.15, 0.2) is 33.9 Å². The number of aromatic amines is 1. The molecule has 0 saturated heterocycles. The summed E-state index contributed by atoms with van der Waals surface area (Å²) >= 11 is 0. The summed E-state index contributed by atoms with van der Waals surface area (Å²) in [5.74, 6) is 0.320. The zero-order chi connectivity index (χ0) is 24.2. The first-order chi connectivity index (χ1) is 14.8. The Hall–Kier alpha value is -3.03. The molecule has 1 aromatic heterocycles. The van der Waals surface area contributed by atoms with E-state index in [1.54, 1.807) is 0 Å². The zero-order valence-corrected chi connectivity index (χ0v) is 20.2. The fourth-order valence-corrected chi connectivity index (χ4v) is 3.34. The van der Waals surface area contributed by atoms with E-state index in [1.807, 2.05) is 52.0 Å². The molecule has 0 unspecified atom stereocenters. The van der Waals surface area contributed by atoms with Gasteiger partial charge in [-0.05, 0) is 34.9 Å². The second kappa shape index (κ2) is 10.1. The Bertz CT molecular complexity index is 1040.